The number of thiophene rings is 1. The summed E-state index contributed by atoms with van der Waals surface area (Å²) in [4.78, 5) is 48.0. The van der Waals surface area contributed by atoms with Crippen molar-refractivity contribution in [1.82, 2.24) is 14.9 Å². The third kappa shape index (κ3) is 5.22. The molecule has 44 heavy (non-hydrogen) atoms. The van der Waals surface area contributed by atoms with Gasteiger partial charge in [-0.05, 0) is 72.6 Å². The van der Waals surface area contributed by atoms with Crippen LogP contribution in [0.4, 0.5) is 17.2 Å². The Bertz CT molecular complexity index is 1860. The summed E-state index contributed by atoms with van der Waals surface area (Å²) in [6, 6.07) is 11.5. The van der Waals surface area contributed by atoms with Crippen molar-refractivity contribution >= 4 is 40.4 Å². The van der Waals surface area contributed by atoms with E-state index in [1.165, 1.54) is 40.3 Å². The Morgan fingerprint density at radius 1 is 1.09 bits per heavy atom. The maximum atomic E-state index is 14.0. The number of hydrogen-bond acceptors (Lipinski definition) is 8. The molecule has 5 heterocycles. The van der Waals surface area contributed by atoms with Crippen molar-refractivity contribution in [1.29, 1.82) is 0 Å². The van der Waals surface area contributed by atoms with Crippen molar-refractivity contribution in [3.63, 3.8) is 0 Å². The van der Waals surface area contributed by atoms with Crippen molar-refractivity contribution in [2.24, 2.45) is 7.05 Å². The molecular formula is C34H35N5O4S. The van der Waals surface area contributed by atoms with Gasteiger partial charge in [0.05, 0.1) is 10.6 Å². The van der Waals surface area contributed by atoms with Crippen molar-refractivity contribution in [2.75, 3.05) is 23.3 Å². The molecule has 1 amide bonds. The van der Waals surface area contributed by atoms with Crippen LogP contribution in [0, 0.1) is 0 Å². The predicted octanol–water partition coefficient (Wildman–Crippen LogP) is 5.04. The van der Waals surface area contributed by atoms with Crippen molar-refractivity contribution in [3.8, 4) is 11.1 Å². The lowest BCUT2D eigenvalue weighted by atomic mass is 9.91. The third-order valence-corrected chi connectivity index (χ3v) is 10.2. The van der Waals surface area contributed by atoms with E-state index < -0.39 is 5.97 Å². The molecule has 3 aromatic heterocycles. The number of fused-ring (bicyclic) bond motifs is 4. The van der Waals surface area contributed by atoms with Crippen molar-refractivity contribution < 1.29 is 14.3 Å². The van der Waals surface area contributed by atoms with E-state index in [2.05, 4.69) is 10.6 Å². The first-order valence-electron chi connectivity index (χ1n) is 15.3. The lowest BCUT2D eigenvalue weighted by Crippen LogP contribution is -2.37. The molecule has 3 aliphatic rings. The van der Waals surface area contributed by atoms with Crippen LogP contribution >= 0.6 is 11.3 Å². The van der Waals surface area contributed by atoms with Crippen LogP contribution < -0.4 is 21.1 Å². The molecule has 0 spiro atoms. The van der Waals surface area contributed by atoms with E-state index in [1.807, 2.05) is 41.3 Å². The van der Waals surface area contributed by atoms with Gasteiger partial charge in [0.2, 0.25) is 0 Å². The fraction of sp³-hybridized carbons (Fsp3) is 0.353. The number of benzene rings is 1. The third-order valence-electron chi connectivity index (χ3n) is 8.85. The molecule has 0 bridgehead atoms. The number of nitrogens with zero attached hydrogens (tertiary/aromatic N) is 3. The molecule has 0 fully saturated rings. The maximum Gasteiger partial charge on any atom is 0.302 e. The standard InChI is InChI=1S/C34H35N5O4S/c1-20(40)43-19-26-23(7-5-8-29(26)39-15-13-25-24-6-3-4-9-30(24)44-32(25)34(39)42)22-16-28(33(41)38(2)18-22)37-31-11-10-21-17-35-14-12-27(21)36-31/h5,7-8,10-11,16,18,35H,3-4,6,9,12-15,17,19H2,1-2H3,(H,36,37). The van der Waals surface area contributed by atoms with Crippen LogP contribution in [0.5, 0.6) is 0 Å². The molecule has 0 saturated carbocycles. The van der Waals surface area contributed by atoms with E-state index in [4.69, 9.17) is 9.72 Å². The Morgan fingerprint density at radius 2 is 1.95 bits per heavy atom. The molecule has 9 nitrogen and oxygen atoms in total. The quantitative estimate of drug-likeness (QED) is 0.295. The molecule has 0 saturated heterocycles. The number of hydrogen-bond donors (Lipinski definition) is 2. The van der Waals surface area contributed by atoms with Gasteiger partial charge in [-0.25, -0.2) is 4.98 Å². The molecule has 0 atom stereocenters. The number of rotatable bonds is 6. The molecule has 1 aliphatic carbocycles. The number of aromatic nitrogens is 2. The van der Waals surface area contributed by atoms with Crippen LogP contribution in [0.15, 0.2) is 47.4 Å². The summed E-state index contributed by atoms with van der Waals surface area (Å²) in [7, 11) is 1.72. The maximum absolute atomic E-state index is 14.0. The van der Waals surface area contributed by atoms with Gasteiger partial charge >= 0.3 is 5.97 Å². The van der Waals surface area contributed by atoms with Gasteiger partial charge in [-0.2, -0.15) is 0 Å². The van der Waals surface area contributed by atoms with Crippen LogP contribution in [0.1, 0.15) is 62.3 Å². The molecule has 1 aromatic carbocycles. The van der Waals surface area contributed by atoms with Crippen LogP contribution in [0.2, 0.25) is 0 Å². The monoisotopic (exact) mass is 609 g/mol. The minimum absolute atomic E-state index is 0.00313. The van der Waals surface area contributed by atoms with Gasteiger partial charge in [-0.1, -0.05) is 18.2 Å². The molecule has 10 heteroatoms. The highest BCUT2D eigenvalue weighted by Gasteiger charge is 2.33. The Kier molecular flexibility index (Phi) is 7.55. The Balaban J connectivity index is 1.28. The van der Waals surface area contributed by atoms with Crippen LogP contribution in [-0.4, -0.2) is 34.5 Å². The zero-order chi connectivity index (χ0) is 30.4. The molecule has 2 aliphatic heterocycles. The normalized spacial score (nSPS) is 15.8. The fourth-order valence-electron chi connectivity index (χ4n) is 6.66. The molecule has 2 N–H and O–H groups in total. The second kappa shape index (κ2) is 11.7. The van der Waals surface area contributed by atoms with Crippen LogP contribution in [0.25, 0.3) is 11.1 Å². The zero-order valence-electron chi connectivity index (χ0n) is 25.0. The van der Waals surface area contributed by atoms with Crippen LogP contribution in [0.3, 0.4) is 0 Å². The highest BCUT2D eigenvalue weighted by molar-refractivity contribution is 7.14. The summed E-state index contributed by atoms with van der Waals surface area (Å²) in [6.07, 6.45) is 7.88. The number of ether oxygens (including phenoxy) is 1. The van der Waals surface area contributed by atoms with Crippen molar-refractivity contribution in [2.45, 2.75) is 58.6 Å². The minimum atomic E-state index is -0.402. The number of anilines is 3. The van der Waals surface area contributed by atoms with Gasteiger partial charge in [-0.3, -0.25) is 14.4 Å². The van der Waals surface area contributed by atoms with Crippen LogP contribution in [-0.2, 0) is 55.4 Å². The average Bonchev–Trinajstić information content (AvgIpc) is 3.42. The van der Waals surface area contributed by atoms with Gasteiger partial charge in [0, 0.05) is 67.9 Å². The largest absolute Gasteiger partial charge is 0.461 e. The number of carbonyl (C=O) groups excluding carboxylic acids is 2. The number of amides is 1. The van der Waals surface area contributed by atoms with E-state index in [9.17, 15) is 14.4 Å². The van der Waals surface area contributed by atoms with Gasteiger partial charge in [0.25, 0.3) is 11.5 Å². The van der Waals surface area contributed by atoms with Gasteiger partial charge in [-0.15, -0.1) is 11.3 Å². The smallest absolute Gasteiger partial charge is 0.302 e. The summed E-state index contributed by atoms with van der Waals surface area (Å²) in [6.45, 7) is 3.61. The summed E-state index contributed by atoms with van der Waals surface area (Å²) >= 11 is 1.65. The number of nitrogens with one attached hydrogen (secondary N) is 2. The number of carbonyl (C=O) groups is 2. The van der Waals surface area contributed by atoms with E-state index in [0.717, 1.165) is 77.3 Å². The first kappa shape index (κ1) is 28.5. The molecule has 0 radical (unpaired) electrons. The second-order valence-corrected chi connectivity index (χ2v) is 12.8. The van der Waals surface area contributed by atoms with E-state index in [0.29, 0.717) is 18.1 Å². The Morgan fingerprint density at radius 3 is 2.82 bits per heavy atom. The Labute approximate surface area is 259 Å². The highest BCUT2D eigenvalue weighted by Crippen LogP contribution is 2.40. The molecule has 0 unspecified atom stereocenters. The summed E-state index contributed by atoms with van der Waals surface area (Å²) in [5, 5.41) is 6.60. The van der Waals surface area contributed by atoms with Gasteiger partial charge in [0.15, 0.2) is 0 Å². The molecule has 7 rings (SSSR count). The fourth-order valence-corrected chi connectivity index (χ4v) is 8.05. The first-order chi connectivity index (χ1) is 21.4. The summed E-state index contributed by atoms with van der Waals surface area (Å²) in [5.74, 6) is 0.214. The minimum Gasteiger partial charge on any atom is -0.461 e. The summed E-state index contributed by atoms with van der Waals surface area (Å²) in [5.41, 5.74) is 8.01. The predicted molar refractivity (Wildman–Crippen MR) is 172 cm³/mol. The SMILES string of the molecule is CC(=O)OCc1c(-c2cc(Nc3ccc4c(n3)CCNC4)c(=O)n(C)c2)cccc1N1CCc2c(sc3c2CCCC3)C1=O. The topological polar surface area (TPSA) is 106 Å². The summed E-state index contributed by atoms with van der Waals surface area (Å²) < 4.78 is 7.09. The van der Waals surface area contributed by atoms with E-state index in [1.54, 1.807) is 24.6 Å². The lowest BCUT2D eigenvalue weighted by molar-refractivity contribution is -0.142. The van der Waals surface area contributed by atoms with E-state index in [-0.39, 0.29) is 18.1 Å². The van der Waals surface area contributed by atoms with Gasteiger partial charge in [0.1, 0.15) is 18.1 Å². The first-order valence-corrected chi connectivity index (χ1v) is 16.1. The zero-order valence-corrected chi connectivity index (χ0v) is 25.8. The van der Waals surface area contributed by atoms with Gasteiger partial charge < -0.3 is 24.8 Å². The lowest BCUT2D eigenvalue weighted by Gasteiger charge is -2.30. The number of esters is 1. The molecular weight excluding hydrogens is 574 g/mol. The average molecular weight is 610 g/mol. The number of pyridine rings is 2. The van der Waals surface area contributed by atoms with Crippen molar-refractivity contribution in [3.05, 3.63) is 90.7 Å². The number of aryl methyl sites for hydroxylation is 2. The van der Waals surface area contributed by atoms with E-state index >= 15 is 0 Å². The molecule has 226 valence electrons. The molecule has 4 aromatic rings. The Hall–Kier alpha value is -4.28. The highest BCUT2D eigenvalue weighted by atomic mass is 32.1. The second-order valence-electron chi connectivity index (χ2n) is 11.7.